The Balaban J connectivity index is 1.49. The third-order valence-electron chi connectivity index (χ3n) is 14.9. The Bertz CT molecular complexity index is 1320. The Labute approximate surface area is 277 Å². The molecule has 1 N–H and O–H groups in total. The molecule has 4 saturated carbocycles. The topological polar surface area (TPSA) is 98.8 Å². The van der Waals surface area contributed by atoms with Gasteiger partial charge in [-0.1, -0.05) is 67.9 Å². The van der Waals surface area contributed by atoms with Gasteiger partial charge in [0, 0.05) is 23.7 Å². The zero-order valence-electron chi connectivity index (χ0n) is 30.6. The van der Waals surface area contributed by atoms with Crippen molar-refractivity contribution in [1.82, 2.24) is 5.32 Å². The molecule has 0 aromatic carbocycles. The third-order valence-corrected chi connectivity index (χ3v) is 14.9. The van der Waals surface area contributed by atoms with E-state index in [2.05, 4.69) is 53.8 Å². The van der Waals surface area contributed by atoms with Crippen molar-refractivity contribution in [2.24, 2.45) is 56.2 Å². The molecule has 0 heterocycles. The first-order valence-corrected chi connectivity index (χ1v) is 18.0. The van der Waals surface area contributed by atoms with Crippen molar-refractivity contribution in [3.05, 3.63) is 11.6 Å². The molecule has 1 unspecified atom stereocenters. The second-order valence-electron chi connectivity index (χ2n) is 18.4. The van der Waals surface area contributed by atoms with Gasteiger partial charge >= 0.3 is 11.9 Å². The largest absolute Gasteiger partial charge is 0.467 e. The van der Waals surface area contributed by atoms with Crippen molar-refractivity contribution in [3.8, 4) is 0 Å². The molecule has 0 bridgehead atoms. The summed E-state index contributed by atoms with van der Waals surface area (Å²) in [6, 6.07) is -0.662. The smallest absolute Gasteiger partial charge is 0.328 e. The summed E-state index contributed by atoms with van der Waals surface area (Å²) in [5.41, 5.74) is -0.0979. The third kappa shape index (κ3) is 5.19. The van der Waals surface area contributed by atoms with Crippen molar-refractivity contribution in [2.75, 3.05) is 7.11 Å². The van der Waals surface area contributed by atoms with E-state index in [9.17, 15) is 19.2 Å². The molecule has 0 radical (unpaired) electrons. The highest BCUT2D eigenvalue weighted by Gasteiger charge is 2.70. The Kier molecular flexibility index (Phi) is 8.76. The average molecular weight is 640 g/mol. The van der Waals surface area contributed by atoms with Crippen molar-refractivity contribution < 1.29 is 28.7 Å². The van der Waals surface area contributed by atoms with Crippen LogP contribution in [0.3, 0.4) is 0 Å². The van der Waals surface area contributed by atoms with Crippen LogP contribution in [0.15, 0.2) is 11.6 Å². The predicted octanol–water partition coefficient (Wildman–Crippen LogP) is 7.60. The van der Waals surface area contributed by atoms with E-state index >= 15 is 0 Å². The lowest BCUT2D eigenvalue weighted by Crippen LogP contribution is -2.67. The van der Waals surface area contributed by atoms with Crippen molar-refractivity contribution in [1.29, 1.82) is 0 Å². The molecule has 7 heteroatoms. The summed E-state index contributed by atoms with van der Waals surface area (Å²) in [5.74, 6) is 0.100. The molecule has 1 amide bonds. The molecule has 0 saturated heterocycles. The number of carbonyl (C=O) groups is 4. The first-order valence-electron chi connectivity index (χ1n) is 18.0. The molecule has 5 rings (SSSR count). The van der Waals surface area contributed by atoms with Gasteiger partial charge in [-0.05, 0) is 110 Å². The second kappa shape index (κ2) is 11.5. The van der Waals surface area contributed by atoms with E-state index < -0.39 is 17.4 Å². The Morgan fingerprint density at radius 2 is 1.59 bits per heavy atom. The lowest BCUT2D eigenvalue weighted by atomic mass is 9.33. The lowest BCUT2D eigenvalue weighted by Gasteiger charge is -2.70. The fourth-order valence-corrected chi connectivity index (χ4v) is 11.9. The summed E-state index contributed by atoms with van der Waals surface area (Å²) in [6.45, 7) is 21.7. The number of esters is 2. The first-order chi connectivity index (χ1) is 21.2. The van der Waals surface area contributed by atoms with Crippen molar-refractivity contribution in [3.63, 3.8) is 0 Å². The molecule has 258 valence electrons. The summed E-state index contributed by atoms with van der Waals surface area (Å²) in [6.07, 6.45) is 10.6. The van der Waals surface area contributed by atoms with Gasteiger partial charge in [-0.2, -0.15) is 0 Å². The summed E-state index contributed by atoms with van der Waals surface area (Å²) in [5, 5.41) is 3.09. The number of ketones is 1. The van der Waals surface area contributed by atoms with Crippen LogP contribution >= 0.6 is 0 Å². The zero-order valence-corrected chi connectivity index (χ0v) is 30.6. The van der Waals surface area contributed by atoms with Gasteiger partial charge in [-0.15, -0.1) is 0 Å². The maximum absolute atomic E-state index is 14.7. The highest BCUT2D eigenvalue weighted by Crippen LogP contribution is 2.75. The van der Waals surface area contributed by atoms with Gasteiger partial charge in [-0.25, -0.2) is 4.79 Å². The molecule has 5 aliphatic carbocycles. The molecular weight excluding hydrogens is 578 g/mol. The van der Waals surface area contributed by atoms with Crippen LogP contribution in [0.2, 0.25) is 0 Å². The van der Waals surface area contributed by atoms with Crippen LogP contribution in [0.25, 0.3) is 0 Å². The lowest BCUT2D eigenvalue weighted by molar-refractivity contribution is -0.210. The van der Waals surface area contributed by atoms with Crippen LogP contribution in [-0.2, 0) is 28.7 Å². The Morgan fingerprint density at radius 1 is 0.935 bits per heavy atom. The highest BCUT2D eigenvalue weighted by molar-refractivity contribution is 5.96. The Hall–Kier alpha value is -2.18. The molecule has 0 aromatic rings. The van der Waals surface area contributed by atoms with Gasteiger partial charge in [-0.3, -0.25) is 14.4 Å². The molecule has 10 atom stereocenters. The molecule has 0 spiro atoms. The number of carbonyl (C=O) groups excluding carboxylic acids is 4. The van der Waals surface area contributed by atoms with Crippen molar-refractivity contribution >= 4 is 23.6 Å². The fraction of sp³-hybridized carbons (Fsp3) is 0.846. The quantitative estimate of drug-likeness (QED) is 0.301. The standard InChI is InChI=1S/C39H61NO6/c1-23(2)20-27(32(43)45-11)40-33(44)36(7)17-16-35(6)18-19-38(9)25(26(35)22-36)21-28(42)31-37(8)14-13-30(46-24(3)41)34(4,5)29(37)12-15-39(31,38)10/h21,23,26-27,29-31H,12-20,22H2,1-11H3,(H,40,44)/t26-,27-,29-,30-,31?,35+,36-,37-,38+,39+/m0/s1. The van der Waals surface area contributed by atoms with Crippen LogP contribution < -0.4 is 5.32 Å². The minimum atomic E-state index is -0.662. The molecular formula is C39H61NO6. The maximum atomic E-state index is 14.7. The van der Waals surface area contributed by atoms with Crippen LogP contribution in [-0.4, -0.2) is 42.9 Å². The number of nitrogens with one attached hydrogen (secondary N) is 1. The average Bonchev–Trinajstić information content (AvgIpc) is 2.95. The molecule has 7 nitrogen and oxygen atoms in total. The maximum Gasteiger partial charge on any atom is 0.328 e. The van der Waals surface area contributed by atoms with E-state index in [1.165, 1.54) is 19.6 Å². The van der Waals surface area contributed by atoms with Crippen LogP contribution in [0.1, 0.15) is 133 Å². The highest BCUT2D eigenvalue weighted by atomic mass is 16.5. The first kappa shape index (κ1) is 35.1. The van der Waals surface area contributed by atoms with E-state index in [0.717, 1.165) is 51.4 Å². The molecule has 46 heavy (non-hydrogen) atoms. The van der Waals surface area contributed by atoms with Gasteiger partial charge in [0.2, 0.25) is 5.91 Å². The summed E-state index contributed by atoms with van der Waals surface area (Å²) < 4.78 is 10.9. The predicted molar refractivity (Wildman–Crippen MR) is 178 cm³/mol. The normalized spacial score (nSPS) is 43.6. The van der Waals surface area contributed by atoms with E-state index in [1.807, 2.05) is 19.9 Å². The number of ether oxygens (including phenoxy) is 2. The van der Waals surface area contributed by atoms with E-state index in [1.54, 1.807) is 0 Å². The van der Waals surface area contributed by atoms with Crippen molar-refractivity contribution in [2.45, 2.75) is 146 Å². The summed E-state index contributed by atoms with van der Waals surface area (Å²) >= 11 is 0. The van der Waals surface area contributed by atoms with Crippen LogP contribution in [0.5, 0.6) is 0 Å². The number of hydrogen-bond donors (Lipinski definition) is 1. The minimum absolute atomic E-state index is 0.0273. The number of rotatable bonds is 6. The van der Waals surface area contributed by atoms with Gasteiger partial charge < -0.3 is 14.8 Å². The SMILES string of the molecule is COC(=O)[C@H](CC(C)C)NC(=O)[C@@]1(C)CC[C@]2(C)CC[C@]3(C)C(=CC(=O)C4[C@@]5(C)CC[C@H](OC(C)=O)C(C)(C)[C@@H]5CC[C@]43C)[C@@H]2C1. The molecule has 0 aliphatic heterocycles. The fourth-order valence-electron chi connectivity index (χ4n) is 11.9. The van der Waals surface area contributed by atoms with E-state index in [-0.39, 0.29) is 74.5 Å². The number of methoxy groups -OCH3 is 1. The second-order valence-corrected chi connectivity index (χ2v) is 18.4. The van der Waals surface area contributed by atoms with Gasteiger partial charge in [0.05, 0.1) is 7.11 Å². The minimum Gasteiger partial charge on any atom is -0.467 e. The zero-order chi connectivity index (χ0) is 34.3. The number of hydrogen-bond acceptors (Lipinski definition) is 6. The van der Waals surface area contributed by atoms with Gasteiger partial charge in [0.15, 0.2) is 5.78 Å². The van der Waals surface area contributed by atoms with Gasteiger partial charge in [0.1, 0.15) is 12.1 Å². The molecule has 5 aliphatic rings. The van der Waals surface area contributed by atoms with E-state index in [0.29, 0.717) is 12.8 Å². The van der Waals surface area contributed by atoms with Gasteiger partial charge in [0.25, 0.3) is 0 Å². The van der Waals surface area contributed by atoms with Crippen LogP contribution in [0, 0.1) is 56.2 Å². The summed E-state index contributed by atoms with van der Waals surface area (Å²) in [7, 11) is 1.37. The summed E-state index contributed by atoms with van der Waals surface area (Å²) in [4.78, 5) is 53.3. The molecule has 4 fully saturated rings. The number of amides is 1. The molecule has 0 aromatic heterocycles. The monoisotopic (exact) mass is 639 g/mol. The number of fused-ring (bicyclic) bond motifs is 7. The van der Waals surface area contributed by atoms with E-state index in [4.69, 9.17) is 9.47 Å². The number of allylic oxidation sites excluding steroid dienone is 2. The van der Waals surface area contributed by atoms with Crippen LogP contribution in [0.4, 0.5) is 0 Å². The Morgan fingerprint density at radius 3 is 2.20 bits per heavy atom.